The van der Waals surface area contributed by atoms with Crippen molar-refractivity contribution in [1.29, 1.82) is 0 Å². The zero-order valence-corrected chi connectivity index (χ0v) is 14.7. The third kappa shape index (κ3) is 4.04. The fourth-order valence-electron chi connectivity index (χ4n) is 3.48. The summed E-state index contributed by atoms with van der Waals surface area (Å²) in [6.45, 7) is -0.154. The minimum Gasteiger partial charge on any atom is -0.483 e. The summed E-state index contributed by atoms with van der Waals surface area (Å²) in [4.78, 5) is 24.3. The largest absolute Gasteiger partial charge is 0.483 e. The lowest BCUT2D eigenvalue weighted by atomic mass is 9.81. The first-order chi connectivity index (χ1) is 12.6. The molecule has 136 valence electrons. The summed E-state index contributed by atoms with van der Waals surface area (Å²) in [5.74, 6) is -0.158. The van der Waals surface area contributed by atoms with Crippen molar-refractivity contribution in [2.75, 3.05) is 6.61 Å². The summed E-state index contributed by atoms with van der Waals surface area (Å²) >= 11 is 0. The van der Waals surface area contributed by atoms with Crippen molar-refractivity contribution in [1.82, 2.24) is 5.32 Å². The Kier molecular flexibility index (Phi) is 5.56. The zero-order chi connectivity index (χ0) is 18.4. The third-order valence-corrected chi connectivity index (χ3v) is 4.89. The molecule has 0 saturated heterocycles. The predicted octanol–water partition coefficient (Wildman–Crippen LogP) is 3.04. The van der Waals surface area contributed by atoms with E-state index in [0.29, 0.717) is 18.6 Å². The van der Waals surface area contributed by atoms with Crippen LogP contribution in [-0.2, 0) is 9.59 Å². The SMILES string of the molecule is NC(=O)C1(NC(=O)COc2ccccc2-c2ccccc2)CCCCC1. The van der Waals surface area contributed by atoms with Crippen LogP contribution in [0.25, 0.3) is 11.1 Å². The van der Waals surface area contributed by atoms with Gasteiger partial charge >= 0.3 is 0 Å². The smallest absolute Gasteiger partial charge is 0.258 e. The highest BCUT2D eigenvalue weighted by Crippen LogP contribution is 2.30. The lowest BCUT2D eigenvalue weighted by molar-refractivity contribution is -0.133. The number of hydrogen-bond donors (Lipinski definition) is 2. The second-order valence-corrected chi connectivity index (χ2v) is 6.71. The molecular weight excluding hydrogens is 328 g/mol. The molecule has 0 unspecified atom stereocenters. The maximum Gasteiger partial charge on any atom is 0.258 e. The summed E-state index contributed by atoms with van der Waals surface area (Å²) in [5, 5.41) is 2.82. The van der Waals surface area contributed by atoms with Crippen LogP contribution in [-0.4, -0.2) is 24.0 Å². The number of nitrogens with two attached hydrogens (primary N) is 1. The Morgan fingerprint density at radius 2 is 1.62 bits per heavy atom. The molecule has 5 heteroatoms. The Bertz CT molecular complexity index is 768. The molecule has 26 heavy (non-hydrogen) atoms. The molecular formula is C21H24N2O3. The number of primary amides is 1. The first-order valence-electron chi connectivity index (χ1n) is 8.99. The molecule has 3 rings (SSSR count). The van der Waals surface area contributed by atoms with Crippen LogP contribution in [0.15, 0.2) is 54.6 Å². The first kappa shape index (κ1) is 18.0. The Hall–Kier alpha value is -2.82. The molecule has 0 aromatic heterocycles. The highest BCUT2D eigenvalue weighted by atomic mass is 16.5. The second kappa shape index (κ2) is 8.04. The summed E-state index contributed by atoms with van der Waals surface area (Å²) in [6.07, 6.45) is 4.02. The lowest BCUT2D eigenvalue weighted by Gasteiger charge is -2.35. The van der Waals surface area contributed by atoms with Crippen molar-refractivity contribution >= 4 is 11.8 Å². The maximum absolute atomic E-state index is 12.4. The van der Waals surface area contributed by atoms with Gasteiger partial charge in [0.15, 0.2) is 6.61 Å². The molecule has 0 bridgehead atoms. The van der Waals surface area contributed by atoms with Crippen LogP contribution in [0.2, 0.25) is 0 Å². The molecule has 1 fully saturated rings. The normalized spacial score (nSPS) is 15.8. The summed E-state index contributed by atoms with van der Waals surface area (Å²) in [6, 6.07) is 17.4. The Morgan fingerprint density at radius 1 is 0.962 bits per heavy atom. The minimum atomic E-state index is -0.933. The average Bonchev–Trinajstić information content (AvgIpc) is 2.68. The minimum absolute atomic E-state index is 0.154. The number of ether oxygens (including phenoxy) is 1. The van der Waals surface area contributed by atoms with Gasteiger partial charge in [0.25, 0.3) is 5.91 Å². The third-order valence-electron chi connectivity index (χ3n) is 4.89. The van der Waals surface area contributed by atoms with Crippen molar-refractivity contribution in [3.8, 4) is 16.9 Å². The van der Waals surface area contributed by atoms with E-state index in [4.69, 9.17) is 10.5 Å². The summed E-state index contributed by atoms with van der Waals surface area (Å²) in [7, 11) is 0. The van der Waals surface area contributed by atoms with E-state index in [9.17, 15) is 9.59 Å². The van der Waals surface area contributed by atoms with Gasteiger partial charge in [0, 0.05) is 5.56 Å². The number of rotatable bonds is 6. The van der Waals surface area contributed by atoms with Crippen LogP contribution in [0.1, 0.15) is 32.1 Å². The highest BCUT2D eigenvalue weighted by molar-refractivity contribution is 5.91. The van der Waals surface area contributed by atoms with Crippen LogP contribution in [0, 0.1) is 0 Å². The second-order valence-electron chi connectivity index (χ2n) is 6.71. The van der Waals surface area contributed by atoms with Crippen LogP contribution in [0.4, 0.5) is 0 Å². The van der Waals surface area contributed by atoms with E-state index >= 15 is 0 Å². The van der Waals surface area contributed by atoms with Gasteiger partial charge in [-0.2, -0.15) is 0 Å². The van der Waals surface area contributed by atoms with Crippen molar-refractivity contribution in [2.45, 2.75) is 37.6 Å². The van der Waals surface area contributed by atoms with Gasteiger partial charge in [-0.05, 0) is 24.5 Å². The van der Waals surface area contributed by atoms with E-state index in [1.807, 2.05) is 54.6 Å². The molecule has 1 aliphatic rings. The fraction of sp³-hybridized carbons (Fsp3) is 0.333. The van der Waals surface area contributed by atoms with E-state index in [-0.39, 0.29) is 12.5 Å². The van der Waals surface area contributed by atoms with Crippen LogP contribution >= 0.6 is 0 Å². The summed E-state index contributed by atoms with van der Waals surface area (Å²) in [5.41, 5.74) is 6.57. The van der Waals surface area contributed by atoms with Crippen molar-refractivity contribution in [2.24, 2.45) is 5.73 Å². The molecule has 0 spiro atoms. The number of para-hydroxylation sites is 1. The van der Waals surface area contributed by atoms with E-state index < -0.39 is 11.4 Å². The number of carbonyl (C=O) groups excluding carboxylic acids is 2. The number of nitrogens with one attached hydrogen (secondary N) is 1. The standard InChI is InChI=1S/C21H24N2O3/c22-20(25)21(13-7-2-8-14-21)23-19(24)15-26-18-12-6-5-11-17(18)16-9-3-1-4-10-16/h1,3-6,9-12H,2,7-8,13-15H2,(H2,22,25)(H,23,24). The van der Waals surface area contributed by atoms with Gasteiger partial charge < -0.3 is 15.8 Å². The maximum atomic E-state index is 12.4. The molecule has 0 heterocycles. The molecule has 2 aromatic rings. The molecule has 0 atom stereocenters. The Labute approximate surface area is 153 Å². The van der Waals surface area contributed by atoms with Crippen LogP contribution in [0.3, 0.4) is 0 Å². The van der Waals surface area contributed by atoms with Gasteiger partial charge in [-0.1, -0.05) is 67.8 Å². The number of hydrogen-bond acceptors (Lipinski definition) is 3. The molecule has 3 N–H and O–H groups in total. The van der Waals surface area contributed by atoms with E-state index in [1.165, 1.54) is 0 Å². The lowest BCUT2D eigenvalue weighted by Crippen LogP contribution is -2.59. The van der Waals surface area contributed by atoms with Gasteiger partial charge in [0.05, 0.1) is 0 Å². The number of carbonyl (C=O) groups is 2. The van der Waals surface area contributed by atoms with E-state index in [1.54, 1.807) is 0 Å². The first-order valence-corrected chi connectivity index (χ1v) is 8.99. The monoisotopic (exact) mass is 352 g/mol. The Morgan fingerprint density at radius 3 is 2.31 bits per heavy atom. The van der Waals surface area contributed by atoms with E-state index in [2.05, 4.69) is 5.32 Å². The van der Waals surface area contributed by atoms with Crippen molar-refractivity contribution in [3.05, 3.63) is 54.6 Å². The zero-order valence-electron chi connectivity index (χ0n) is 14.7. The topological polar surface area (TPSA) is 81.4 Å². The highest BCUT2D eigenvalue weighted by Gasteiger charge is 2.39. The van der Waals surface area contributed by atoms with Crippen LogP contribution in [0.5, 0.6) is 5.75 Å². The average molecular weight is 352 g/mol. The van der Waals surface area contributed by atoms with Crippen molar-refractivity contribution < 1.29 is 14.3 Å². The number of amides is 2. The predicted molar refractivity (Wildman–Crippen MR) is 101 cm³/mol. The van der Waals surface area contributed by atoms with Gasteiger partial charge in [-0.25, -0.2) is 0 Å². The fourth-order valence-corrected chi connectivity index (χ4v) is 3.48. The molecule has 2 amide bonds. The Balaban J connectivity index is 1.68. The molecule has 1 aliphatic carbocycles. The van der Waals surface area contributed by atoms with Gasteiger partial charge in [-0.15, -0.1) is 0 Å². The van der Waals surface area contributed by atoms with Crippen LogP contribution < -0.4 is 15.8 Å². The van der Waals surface area contributed by atoms with E-state index in [0.717, 1.165) is 30.4 Å². The molecule has 1 saturated carbocycles. The molecule has 0 radical (unpaired) electrons. The van der Waals surface area contributed by atoms with Crippen molar-refractivity contribution in [3.63, 3.8) is 0 Å². The molecule has 0 aliphatic heterocycles. The van der Waals surface area contributed by atoms with Gasteiger partial charge in [0.1, 0.15) is 11.3 Å². The van der Waals surface area contributed by atoms with Gasteiger partial charge in [-0.3, -0.25) is 9.59 Å². The van der Waals surface area contributed by atoms with Gasteiger partial charge in [0.2, 0.25) is 5.91 Å². The summed E-state index contributed by atoms with van der Waals surface area (Å²) < 4.78 is 5.76. The molecule has 5 nitrogen and oxygen atoms in total. The molecule has 2 aromatic carbocycles. The quantitative estimate of drug-likeness (QED) is 0.838. The number of benzene rings is 2.